The largest absolute Gasteiger partial charge is 0.481 e. The minimum Gasteiger partial charge on any atom is -0.481 e. The number of esters is 1. The van der Waals surface area contributed by atoms with E-state index in [0.29, 0.717) is 19.3 Å². The van der Waals surface area contributed by atoms with Crippen molar-refractivity contribution in [2.45, 2.75) is 174 Å². The Morgan fingerprint density at radius 1 is 0.622 bits per heavy atom. The molecule has 1 N–H and O–H groups in total. The molecule has 0 aliphatic rings. The molecule has 0 aliphatic heterocycles. The number of hydrogen-bond acceptors (Lipinski definition) is 3. The molecular weight excluding hydrogens is 460 g/mol. The van der Waals surface area contributed by atoms with Gasteiger partial charge in [0.15, 0.2) is 0 Å². The average molecular weight is 521 g/mol. The highest BCUT2D eigenvalue weighted by atomic mass is 16.5. The first kappa shape index (κ1) is 35.4. The van der Waals surface area contributed by atoms with E-state index in [1.807, 2.05) is 6.92 Å². The third-order valence-corrected chi connectivity index (χ3v) is 7.00. The zero-order valence-corrected chi connectivity index (χ0v) is 24.5. The molecule has 4 nitrogen and oxygen atoms in total. The Labute approximate surface area is 229 Å². The van der Waals surface area contributed by atoms with E-state index in [2.05, 4.69) is 31.2 Å². The summed E-state index contributed by atoms with van der Waals surface area (Å²) in [6, 6.07) is 0. The highest BCUT2D eigenvalue weighted by Crippen LogP contribution is 2.14. The van der Waals surface area contributed by atoms with Crippen LogP contribution in [0, 0.1) is 0 Å². The molecule has 1 unspecified atom stereocenters. The second kappa shape index (κ2) is 29.0. The molecule has 0 spiro atoms. The summed E-state index contributed by atoms with van der Waals surface area (Å²) in [5.74, 6) is -0.917. The zero-order valence-electron chi connectivity index (χ0n) is 24.5. The van der Waals surface area contributed by atoms with Crippen molar-refractivity contribution in [3.8, 4) is 0 Å². The molecule has 0 aliphatic carbocycles. The molecule has 37 heavy (non-hydrogen) atoms. The van der Waals surface area contributed by atoms with Crippen LogP contribution in [0.4, 0.5) is 0 Å². The summed E-state index contributed by atoms with van der Waals surface area (Å²) in [4.78, 5) is 22.6. The molecule has 0 rings (SSSR count). The van der Waals surface area contributed by atoms with Crippen LogP contribution in [-0.4, -0.2) is 23.1 Å². The van der Waals surface area contributed by atoms with Gasteiger partial charge in [0, 0.05) is 12.8 Å². The third-order valence-electron chi connectivity index (χ3n) is 7.00. The molecule has 0 aromatic rings. The summed E-state index contributed by atoms with van der Waals surface area (Å²) < 4.78 is 5.49. The molecular formula is C33H60O4. The topological polar surface area (TPSA) is 63.6 Å². The molecule has 0 aromatic heterocycles. The molecule has 0 bridgehead atoms. The van der Waals surface area contributed by atoms with E-state index in [9.17, 15) is 9.59 Å². The third kappa shape index (κ3) is 28.8. The van der Waals surface area contributed by atoms with E-state index in [-0.39, 0.29) is 18.5 Å². The molecule has 0 saturated carbocycles. The second-order valence-electron chi connectivity index (χ2n) is 10.6. The van der Waals surface area contributed by atoms with Crippen LogP contribution in [-0.2, 0) is 14.3 Å². The van der Waals surface area contributed by atoms with Crippen LogP contribution in [0.2, 0.25) is 0 Å². The fraction of sp³-hybridized carbons (Fsp3) is 0.818. The summed E-state index contributed by atoms with van der Waals surface area (Å²) in [5.41, 5.74) is 0. The van der Waals surface area contributed by atoms with Crippen LogP contribution in [0.15, 0.2) is 24.3 Å². The highest BCUT2D eigenvalue weighted by Gasteiger charge is 2.13. The normalized spacial score (nSPS) is 12.5. The van der Waals surface area contributed by atoms with Crippen LogP contribution >= 0.6 is 0 Å². The molecule has 4 heteroatoms. The van der Waals surface area contributed by atoms with Crippen LogP contribution in [0.25, 0.3) is 0 Å². The summed E-state index contributed by atoms with van der Waals surface area (Å²) >= 11 is 0. The van der Waals surface area contributed by atoms with Gasteiger partial charge >= 0.3 is 11.9 Å². The SMILES string of the molecule is CCCCCCC/C=C\C/C=C\CCCCCCCCCCCCCC(=O)OC(CC)CCCC(=O)O. The van der Waals surface area contributed by atoms with Gasteiger partial charge in [-0.15, -0.1) is 0 Å². The van der Waals surface area contributed by atoms with E-state index in [1.54, 1.807) is 0 Å². The molecule has 0 amide bonds. The van der Waals surface area contributed by atoms with Crippen LogP contribution in [0.5, 0.6) is 0 Å². The number of ether oxygens (including phenoxy) is 1. The number of carbonyl (C=O) groups excluding carboxylic acids is 1. The maximum Gasteiger partial charge on any atom is 0.306 e. The molecule has 1 atom stereocenters. The first-order valence-corrected chi connectivity index (χ1v) is 15.8. The van der Waals surface area contributed by atoms with Crippen molar-refractivity contribution in [3.63, 3.8) is 0 Å². The minimum atomic E-state index is -0.790. The van der Waals surface area contributed by atoms with E-state index < -0.39 is 5.97 Å². The number of carboxylic acid groups (broad SMARTS) is 1. The van der Waals surface area contributed by atoms with Crippen LogP contribution < -0.4 is 0 Å². The van der Waals surface area contributed by atoms with Gasteiger partial charge in [0.25, 0.3) is 0 Å². The minimum absolute atomic E-state index is 0.127. The Morgan fingerprint density at radius 3 is 1.59 bits per heavy atom. The van der Waals surface area contributed by atoms with Crippen molar-refractivity contribution in [1.29, 1.82) is 0 Å². The predicted octanol–water partition coefficient (Wildman–Crippen LogP) is 10.5. The number of hydrogen-bond donors (Lipinski definition) is 1. The van der Waals surface area contributed by atoms with Crippen LogP contribution in [0.3, 0.4) is 0 Å². The molecule has 0 radical (unpaired) electrons. The lowest BCUT2D eigenvalue weighted by Crippen LogP contribution is -2.17. The lowest BCUT2D eigenvalue weighted by Gasteiger charge is -2.15. The van der Waals surface area contributed by atoms with Crippen molar-refractivity contribution >= 4 is 11.9 Å². The standard InChI is InChI=1S/C33H60O4/c1-3-5-6-7-8-9-10-11-12-13-14-15-16-17-18-19-20-21-22-23-24-25-26-30-33(36)37-31(4-2)28-27-29-32(34)35/h10-11,13-14,31H,3-9,12,15-30H2,1-2H3,(H,34,35)/b11-10-,14-13-. The lowest BCUT2D eigenvalue weighted by atomic mass is 10.0. The van der Waals surface area contributed by atoms with E-state index in [0.717, 1.165) is 25.7 Å². The summed E-state index contributed by atoms with van der Waals surface area (Å²) in [5, 5.41) is 8.71. The fourth-order valence-corrected chi connectivity index (χ4v) is 4.57. The highest BCUT2D eigenvalue weighted by molar-refractivity contribution is 5.69. The smallest absolute Gasteiger partial charge is 0.306 e. The lowest BCUT2D eigenvalue weighted by molar-refractivity contribution is -0.149. The number of unbranched alkanes of at least 4 members (excludes halogenated alkanes) is 16. The van der Waals surface area contributed by atoms with Crippen molar-refractivity contribution in [3.05, 3.63) is 24.3 Å². The Bertz CT molecular complexity index is 567. The number of allylic oxidation sites excluding steroid dienone is 4. The van der Waals surface area contributed by atoms with E-state index in [4.69, 9.17) is 9.84 Å². The quantitative estimate of drug-likeness (QED) is 0.0633. The number of aliphatic carboxylic acids is 1. The summed E-state index contributed by atoms with van der Waals surface area (Å²) in [6.07, 6.45) is 36.0. The van der Waals surface area contributed by atoms with Crippen molar-refractivity contribution in [2.75, 3.05) is 0 Å². The maximum absolute atomic E-state index is 12.0. The number of carboxylic acids is 1. The Morgan fingerprint density at radius 2 is 1.11 bits per heavy atom. The molecule has 0 fully saturated rings. The van der Waals surface area contributed by atoms with Gasteiger partial charge in [0.05, 0.1) is 0 Å². The van der Waals surface area contributed by atoms with Crippen molar-refractivity contribution in [2.24, 2.45) is 0 Å². The maximum atomic E-state index is 12.0. The number of rotatable bonds is 28. The van der Waals surface area contributed by atoms with Gasteiger partial charge in [-0.05, 0) is 57.8 Å². The summed E-state index contributed by atoms with van der Waals surface area (Å²) in [6.45, 7) is 4.25. The molecule has 0 heterocycles. The molecule has 216 valence electrons. The van der Waals surface area contributed by atoms with E-state index in [1.165, 1.54) is 103 Å². The van der Waals surface area contributed by atoms with Gasteiger partial charge in [0.2, 0.25) is 0 Å². The Balaban J connectivity index is 3.36. The average Bonchev–Trinajstić information content (AvgIpc) is 2.88. The van der Waals surface area contributed by atoms with Gasteiger partial charge in [0.1, 0.15) is 6.10 Å². The van der Waals surface area contributed by atoms with Gasteiger partial charge in [-0.25, -0.2) is 0 Å². The first-order chi connectivity index (χ1) is 18.1. The predicted molar refractivity (Wildman–Crippen MR) is 158 cm³/mol. The second-order valence-corrected chi connectivity index (χ2v) is 10.6. The van der Waals surface area contributed by atoms with E-state index >= 15 is 0 Å². The van der Waals surface area contributed by atoms with Gasteiger partial charge < -0.3 is 9.84 Å². The monoisotopic (exact) mass is 520 g/mol. The van der Waals surface area contributed by atoms with Gasteiger partial charge in [-0.3, -0.25) is 9.59 Å². The summed E-state index contributed by atoms with van der Waals surface area (Å²) in [7, 11) is 0. The Hall–Kier alpha value is -1.58. The van der Waals surface area contributed by atoms with Gasteiger partial charge in [-0.2, -0.15) is 0 Å². The molecule has 0 saturated heterocycles. The number of carbonyl (C=O) groups is 2. The molecule has 0 aromatic carbocycles. The zero-order chi connectivity index (χ0) is 27.2. The van der Waals surface area contributed by atoms with Crippen molar-refractivity contribution in [1.82, 2.24) is 0 Å². The van der Waals surface area contributed by atoms with Crippen molar-refractivity contribution < 1.29 is 19.4 Å². The first-order valence-electron chi connectivity index (χ1n) is 15.8. The Kier molecular flexibility index (Phi) is 27.7. The van der Waals surface area contributed by atoms with Crippen LogP contribution in [0.1, 0.15) is 168 Å². The fourth-order valence-electron chi connectivity index (χ4n) is 4.57. The van der Waals surface area contributed by atoms with Gasteiger partial charge in [-0.1, -0.05) is 122 Å².